The predicted molar refractivity (Wildman–Crippen MR) is 138 cm³/mol. The lowest BCUT2D eigenvalue weighted by molar-refractivity contribution is 0.302. The van der Waals surface area contributed by atoms with E-state index in [1.165, 1.54) is 11.3 Å². The Morgan fingerprint density at radius 2 is 1.70 bits per heavy atom. The number of thiazole rings is 1. The number of benzene rings is 3. The van der Waals surface area contributed by atoms with Crippen molar-refractivity contribution in [2.24, 2.45) is 0 Å². The third-order valence-electron chi connectivity index (χ3n) is 4.69. The van der Waals surface area contributed by atoms with E-state index < -0.39 is 0 Å². The Kier molecular flexibility index (Phi) is 5.50. The van der Waals surface area contributed by atoms with Crippen LogP contribution in [0.1, 0.15) is 11.1 Å². The molecule has 0 radical (unpaired) electrons. The molecule has 0 N–H and O–H groups in total. The summed E-state index contributed by atoms with van der Waals surface area (Å²) in [4.78, 5) is 18.3. The highest BCUT2D eigenvalue weighted by Gasteiger charge is 2.12. The molecule has 0 saturated heterocycles. The maximum Gasteiger partial charge on any atom is 0.274 e. The Balaban J connectivity index is 1.51. The Bertz CT molecular complexity index is 1470. The number of halogens is 2. The number of nitrogens with zero attached hydrogens (tertiary/aromatic N) is 2. The minimum absolute atomic E-state index is 0.0295. The predicted octanol–water partition coefficient (Wildman–Crippen LogP) is 5.25. The molecule has 7 heteroatoms. The minimum atomic E-state index is -0.0295. The molecule has 5 aromatic rings. The highest BCUT2D eigenvalue weighted by Crippen LogP contribution is 2.30. The number of ether oxygens (including phenoxy) is 1. The van der Waals surface area contributed by atoms with E-state index in [1.54, 1.807) is 4.40 Å². The zero-order valence-corrected chi connectivity index (χ0v) is 20.6. The van der Waals surface area contributed by atoms with Gasteiger partial charge in [-0.3, -0.25) is 4.79 Å². The van der Waals surface area contributed by atoms with Gasteiger partial charge in [0.2, 0.25) is 0 Å². The van der Waals surface area contributed by atoms with Gasteiger partial charge in [0, 0.05) is 0 Å². The highest BCUT2D eigenvalue weighted by molar-refractivity contribution is 14.1. The van der Waals surface area contributed by atoms with Gasteiger partial charge in [0.05, 0.1) is 22.7 Å². The third kappa shape index (κ3) is 3.74. The molecule has 0 spiro atoms. The molecule has 0 fully saturated rings. The molecule has 2 heterocycles. The van der Waals surface area contributed by atoms with Gasteiger partial charge in [0.25, 0.3) is 5.56 Å². The van der Waals surface area contributed by atoms with Gasteiger partial charge < -0.3 is 4.74 Å². The number of para-hydroxylation sites is 2. The Morgan fingerprint density at radius 3 is 2.47 bits per heavy atom. The molecule has 148 valence electrons. The summed E-state index contributed by atoms with van der Waals surface area (Å²) in [6, 6.07) is 21.9. The molecule has 0 atom stereocenters. The van der Waals surface area contributed by atoms with E-state index in [0.717, 1.165) is 40.0 Å². The van der Waals surface area contributed by atoms with E-state index in [1.807, 2.05) is 60.7 Å². The van der Waals surface area contributed by atoms with Crippen LogP contribution in [0.4, 0.5) is 0 Å². The van der Waals surface area contributed by atoms with Crippen LogP contribution >= 0.6 is 56.5 Å². The second-order valence-corrected chi connectivity index (χ2v) is 10.1. The van der Waals surface area contributed by atoms with Crippen molar-refractivity contribution in [1.82, 2.24) is 9.38 Å². The van der Waals surface area contributed by atoms with E-state index in [0.29, 0.717) is 11.1 Å². The molecule has 2 aromatic heterocycles. The molecule has 30 heavy (non-hydrogen) atoms. The minimum Gasteiger partial charge on any atom is -0.487 e. The molecule has 5 rings (SSSR count). The summed E-state index contributed by atoms with van der Waals surface area (Å²) in [6.45, 7) is 0.524. The number of aromatic nitrogens is 2. The Morgan fingerprint density at radius 1 is 1.00 bits per heavy atom. The normalized spacial score (nSPS) is 12.1. The maximum atomic E-state index is 13.0. The van der Waals surface area contributed by atoms with E-state index in [-0.39, 0.29) is 5.56 Å². The standard InChI is InChI=1S/C23H14I2N2O2S/c24-16-10-15(11-17(25)21(16)29-13-14-6-2-1-3-7-14)12-20-22(28)27-19-9-5-4-8-18(19)26-23(27)30-20/h1-12H,13H2. The molecular formula is C23H14I2N2O2S. The van der Waals surface area contributed by atoms with Crippen LogP contribution in [-0.4, -0.2) is 9.38 Å². The van der Waals surface area contributed by atoms with Crippen LogP contribution in [0.5, 0.6) is 5.75 Å². The second kappa shape index (κ2) is 8.27. The lowest BCUT2D eigenvalue weighted by atomic mass is 10.2. The van der Waals surface area contributed by atoms with E-state index in [2.05, 4.69) is 62.3 Å². The summed E-state index contributed by atoms with van der Waals surface area (Å²) in [5.74, 6) is 0.867. The quantitative estimate of drug-likeness (QED) is 0.254. The first-order valence-electron chi connectivity index (χ1n) is 9.17. The molecule has 0 unspecified atom stereocenters. The largest absolute Gasteiger partial charge is 0.487 e. The van der Waals surface area contributed by atoms with Crippen molar-refractivity contribution in [2.45, 2.75) is 6.61 Å². The number of rotatable bonds is 4. The highest BCUT2D eigenvalue weighted by atomic mass is 127. The van der Waals surface area contributed by atoms with Gasteiger partial charge in [-0.2, -0.15) is 0 Å². The fourth-order valence-electron chi connectivity index (χ4n) is 3.29. The zero-order valence-electron chi connectivity index (χ0n) is 15.5. The van der Waals surface area contributed by atoms with Gasteiger partial charge in [-0.25, -0.2) is 9.38 Å². The summed E-state index contributed by atoms with van der Waals surface area (Å²) < 4.78 is 10.5. The first-order chi connectivity index (χ1) is 14.6. The van der Waals surface area contributed by atoms with Gasteiger partial charge in [-0.1, -0.05) is 53.8 Å². The molecule has 0 saturated carbocycles. The first-order valence-corrected chi connectivity index (χ1v) is 12.1. The number of hydrogen-bond donors (Lipinski definition) is 0. The molecule has 0 aliphatic carbocycles. The van der Waals surface area contributed by atoms with E-state index >= 15 is 0 Å². The summed E-state index contributed by atoms with van der Waals surface area (Å²) >= 11 is 5.99. The van der Waals surface area contributed by atoms with Crippen molar-refractivity contribution in [3.63, 3.8) is 0 Å². The summed E-state index contributed by atoms with van der Waals surface area (Å²) in [5, 5.41) is 0. The zero-order chi connectivity index (χ0) is 20.7. The van der Waals surface area contributed by atoms with Crippen LogP contribution in [-0.2, 0) is 6.61 Å². The average Bonchev–Trinajstić information content (AvgIpc) is 3.24. The number of imidazole rings is 1. The van der Waals surface area contributed by atoms with Gasteiger partial charge >= 0.3 is 0 Å². The van der Waals surface area contributed by atoms with Gasteiger partial charge in [-0.05, 0) is 86.7 Å². The Labute approximate surface area is 203 Å². The molecule has 0 aliphatic heterocycles. The fourth-order valence-corrected chi connectivity index (χ4v) is 6.41. The third-order valence-corrected chi connectivity index (χ3v) is 7.26. The van der Waals surface area contributed by atoms with Crippen molar-refractivity contribution in [1.29, 1.82) is 0 Å². The average molecular weight is 636 g/mol. The number of fused-ring (bicyclic) bond motifs is 3. The van der Waals surface area contributed by atoms with Gasteiger partial charge in [0.1, 0.15) is 12.4 Å². The SMILES string of the molecule is O=c1c(=Cc2cc(I)c(OCc3ccccc3)c(I)c2)sc2nc3ccccc3n12. The lowest BCUT2D eigenvalue weighted by Crippen LogP contribution is -2.22. The molecule has 3 aromatic carbocycles. The van der Waals surface area contributed by atoms with Crippen molar-refractivity contribution >= 4 is 78.6 Å². The monoisotopic (exact) mass is 636 g/mol. The van der Waals surface area contributed by atoms with Crippen molar-refractivity contribution in [3.8, 4) is 5.75 Å². The summed E-state index contributed by atoms with van der Waals surface area (Å²) in [6.07, 6.45) is 1.93. The molecular weight excluding hydrogens is 622 g/mol. The molecule has 4 nitrogen and oxygen atoms in total. The molecule has 0 aliphatic rings. The molecule has 0 bridgehead atoms. The van der Waals surface area contributed by atoms with Crippen LogP contribution < -0.4 is 14.8 Å². The van der Waals surface area contributed by atoms with E-state index in [4.69, 9.17) is 4.74 Å². The number of hydrogen-bond acceptors (Lipinski definition) is 4. The topological polar surface area (TPSA) is 43.6 Å². The summed E-state index contributed by atoms with van der Waals surface area (Å²) in [5.41, 5.74) is 3.77. The molecule has 0 amide bonds. The second-order valence-electron chi connectivity index (χ2n) is 6.72. The van der Waals surface area contributed by atoms with Crippen LogP contribution in [0, 0.1) is 7.14 Å². The first kappa shape index (κ1) is 20.0. The maximum absolute atomic E-state index is 13.0. The van der Waals surface area contributed by atoms with Gasteiger partial charge in [0.15, 0.2) is 4.96 Å². The van der Waals surface area contributed by atoms with Crippen molar-refractivity contribution in [3.05, 3.63) is 99.9 Å². The Hall–Kier alpha value is -1.98. The smallest absolute Gasteiger partial charge is 0.274 e. The summed E-state index contributed by atoms with van der Waals surface area (Å²) in [7, 11) is 0. The van der Waals surface area contributed by atoms with Crippen LogP contribution in [0.3, 0.4) is 0 Å². The lowest BCUT2D eigenvalue weighted by Gasteiger charge is -2.11. The van der Waals surface area contributed by atoms with Gasteiger partial charge in [-0.15, -0.1) is 0 Å². The van der Waals surface area contributed by atoms with E-state index in [9.17, 15) is 4.79 Å². The van der Waals surface area contributed by atoms with Crippen LogP contribution in [0.25, 0.3) is 22.1 Å². The van der Waals surface area contributed by atoms with Crippen molar-refractivity contribution < 1.29 is 4.74 Å². The van der Waals surface area contributed by atoms with Crippen LogP contribution in [0.2, 0.25) is 0 Å². The van der Waals surface area contributed by atoms with Crippen molar-refractivity contribution in [2.75, 3.05) is 0 Å². The fraction of sp³-hybridized carbons (Fsp3) is 0.0435. The van der Waals surface area contributed by atoms with Crippen LogP contribution in [0.15, 0.2) is 71.5 Å².